The van der Waals surface area contributed by atoms with E-state index in [1.807, 2.05) is 12.1 Å². The number of aromatic nitrogens is 2. The van der Waals surface area contributed by atoms with Gasteiger partial charge in [0.15, 0.2) is 5.69 Å². The van der Waals surface area contributed by atoms with Crippen molar-refractivity contribution in [2.45, 2.75) is 69.7 Å². The molecule has 34 heavy (non-hydrogen) atoms. The van der Waals surface area contributed by atoms with Crippen molar-refractivity contribution in [2.75, 3.05) is 0 Å². The van der Waals surface area contributed by atoms with Gasteiger partial charge < -0.3 is 5.11 Å². The molecule has 0 aliphatic heterocycles. The topological polar surface area (TPSA) is 101 Å². The maximum atomic E-state index is 13.2. The van der Waals surface area contributed by atoms with E-state index < -0.39 is 21.5 Å². The lowest BCUT2D eigenvalue weighted by atomic mass is 9.86. The van der Waals surface area contributed by atoms with Gasteiger partial charge in [-0.15, -0.1) is 0 Å². The van der Waals surface area contributed by atoms with E-state index in [2.05, 4.69) is 9.82 Å². The van der Waals surface area contributed by atoms with Crippen LogP contribution in [0.2, 0.25) is 5.02 Å². The number of hydrogen-bond acceptors (Lipinski definition) is 4. The fraction of sp³-hybridized carbons (Fsp3) is 0.440. The summed E-state index contributed by atoms with van der Waals surface area (Å²) in [6.07, 6.45) is 6.28. The molecular weight excluding hydrogens is 474 g/mol. The predicted molar refractivity (Wildman–Crippen MR) is 133 cm³/mol. The van der Waals surface area contributed by atoms with Gasteiger partial charge in [-0.05, 0) is 45.2 Å². The fourth-order valence-corrected chi connectivity index (χ4v) is 6.65. The van der Waals surface area contributed by atoms with E-state index in [-0.39, 0.29) is 15.6 Å². The molecule has 0 spiro atoms. The summed E-state index contributed by atoms with van der Waals surface area (Å²) in [6.45, 7) is 5.37. The lowest BCUT2D eigenvalue weighted by molar-refractivity contribution is 0.0690. The second-order valence-electron chi connectivity index (χ2n) is 10.0. The molecule has 0 bridgehead atoms. The van der Waals surface area contributed by atoms with E-state index in [1.165, 1.54) is 6.42 Å². The monoisotopic (exact) mass is 503 g/mol. The number of benzene rings is 2. The molecule has 0 unspecified atom stereocenters. The quantitative estimate of drug-likeness (QED) is 0.457. The van der Waals surface area contributed by atoms with Gasteiger partial charge in [0.05, 0.1) is 21.3 Å². The summed E-state index contributed by atoms with van der Waals surface area (Å²) in [5.74, 6) is -0.781. The van der Waals surface area contributed by atoms with Gasteiger partial charge in [-0.25, -0.2) is 22.6 Å². The molecular formula is C25H30ClN3O4S. The molecule has 1 saturated carbocycles. The SMILES string of the molecule is CC(C)(C)NS(=O)(=O)c1ccc(-n2nc(C(=O)O)c(Cl)c2CC2CCCCC2)c2ccccc12. The molecule has 0 atom stereocenters. The minimum absolute atomic E-state index is 0.147. The lowest BCUT2D eigenvalue weighted by Crippen LogP contribution is -2.40. The number of halogens is 1. The Labute approximate surface area is 205 Å². The van der Waals surface area contributed by atoms with Crippen LogP contribution >= 0.6 is 11.6 Å². The van der Waals surface area contributed by atoms with Gasteiger partial charge in [0.2, 0.25) is 10.0 Å². The van der Waals surface area contributed by atoms with Crippen LogP contribution in [-0.2, 0) is 16.4 Å². The number of carbonyl (C=O) groups is 1. The summed E-state index contributed by atoms with van der Waals surface area (Å²) in [4.78, 5) is 12.0. The minimum Gasteiger partial charge on any atom is -0.476 e. The lowest BCUT2D eigenvalue weighted by Gasteiger charge is -2.23. The first-order valence-corrected chi connectivity index (χ1v) is 13.4. The predicted octanol–water partition coefficient (Wildman–Crippen LogP) is 5.58. The molecule has 9 heteroatoms. The van der Waals surface area contributed by atoms with Crippen molar-refractivity contribution in [1.29, 1.82) is 0 Å². The Kier molecular flexibility index (Phi) is 6.77. The highest BCUT2D eigenvalue weighted by Crippen LogP contribution is 2.35. The molecule has 7 nitrogen and oxygen atoms in total. The summed E-state index contributed by atoms with van der Waals surface area (Å²) in [5.41, 5.74) is 0.422. The number of nitrogens with one attached hydrogen (secondary N) is 1. The third-order valence-electron chi connectivity index (χ3n) is 6.15. The van der Waals surface area contributed by atoms with Gasteiger partial charge in [-0.1, -0.05) is 68.0 Å². The smallest absolute Gasteiger partial charge is 0.358 e. The highest BCUT2D eigenvalue weighted by Gasteiger charge is 2.28. The fourth-order valence-electron chi connectivity index (χ4n) is 4.74. The van der Waals surface area contributed by atoms with Crippen LogP contribution in [0.15, 0.2) is 41.3 Å². The Hall–Kier alpha value is -2.42. The number of hydrogen-bond donors (Lipinski definition) is 2. The van der Waals surface area contributed by atoms with Gasteiger partial charge in [0.25, 0.3) is 0 Å². The summed E-state index contributed by atoms with van der Waals surface area (Å²) in [7, 11) is -3.79. The van der Waals surface area contributed by atoms with Gasteiger partial charge >= 0.3 is 5.97 Å². The molecule has 182 valence electrons. The van der Waals surface area contributed by atoms with Crippen LogP contribution in [0.25, 0.3) is 16.5 Å². The van der Waals surface area contributed by atoms with Gasteiger partial charge in [-0.2, -0.15) is 5.10 Å². The Morgan fingerprint density at radius 3 is 2.38 bits per heavy atom. The first kappa shape index (κ1) is 24.7. The van der Waals surface area contributed by atoms with E-state index in [1.54, 1.807) is 49.7 Å². The number of carboxylic acids is 1. The first-order chi connectivity index (χ1) is 16.0. The Balaban J connectivity index is 1.89. The largest absolute Gasteiger partial charge is 0.476 e. The number of sulfonamides is 1. The third kappa shape index (κ3) is 4.99. The summed E-state index contributed by atoms with van der Waals surface area (Å²) in [5, 5.41) is 15.4. The van der Waals surface area contributed by atoms with Gasteiger partial charge in [0, 0.05) is 16.3 Å². The molecule has 4 rings (SSSR count). The van der Waals surface area contributed by atoms with Crippen molar-refractivity contribution in [3.05, 3.63) is 52.8 Å². The number of nitrogens with zero attached hydrogens (tertiary/aromatic N) is 2. The number of aromatic carboxylic acids is 1. The molecule has 2 aromatic carbocycles. The maximum Gasteiger partial charge on any atom is 0.358 e. The van der Waals surface area contributed by atoms with Crippen molar-refractivity contribution in [1.82, 2.24) is 14.5 Å². The number of carboxylic acid groups (broad SMARTS) is 1. The summed E-state index contributed by atoms with van der Waals surface area (Å²) >= 11 is 6.55. The molecule has 1 heterocycles. The molecule has 1 aliphatic carbocycles. The molecule has 0 radical (unpaired) electrons. The van der Waals surface area contributed by atoms with E-state index in [0.717, 1.165) is 25.7 Å². The third-order valence-corrected chi connectivity index (χ3v) is 8.36. The minimum atomic E-state index is -3.79. The van der Waals surface area contributed by atoms with E-state index in [9.17, 15) is 18.3 Å². The van der Waals surface area contributed by atoms with Crippen LogP contribution in [-0.4, -0.2) is 34.8 Å². The van der Waals surface area contributed by atoms with Gasteiger partial charge in [0.1, 0.15) is 0 Å². The highest BCUT2D eigenvalue weighted by atomic mass is 35.5. The normalized spacial score (nSPS) is 15.6. The molecule has 0 amide bonds. The van der Waals surface area contributed by atoms with Crippen LogP contribution in [0.1, 0.15) is 69.1 Å². The van der Waals surface area contributed by atoms with Crippen LogP contribution in [0.3, 0.4) is 0 Å². The Bertz CT molecular complexity index is 1340. The van der Waals surface area contributed by atoms with Gasteiger partial charge in [-0.3, -0.25) is 0 Å². The standard InChI is InChI=1S/C25H30ClN3O4S/c1-25(2,3)28-34(32,33)21-14-13-19(17-11-7-8-12-18(17)21)29-20(15-16-9-5-4-6-10-16)22(26)23(27-29)24(30)31/h7-8,11-14,16,28H,4-6,9-10,15H2,1-3H3,(H,30,31). The van der Waals surface area contributed by atoms with Crippen molar-refractivity contribution < 1.29 is 18.3 Å². The van der Waals surface area contributed by atoms with Crippen LogP contribution in [0.4, 0.5) is 0 Å². The van der Waals surface area contributed by atoms with Crippen LogP contribution < -0.4 is 4.72 Å². The van der Waals surface area contributed by atoms with E-state index >= 15 is 0 Å². The molecule has 2 N–H and O–H groups in total. The maximum absolute atomic E-state index is 13.2. The van der Waals surface area contributed by atoms with Crippen molar-refractivity contribution >= 4 is 38.4 Å². The molecule has 1 aromatic heterocycles. The zero-order chi connectivity index (χ0) is 24.7. The van der Waals surface area contributed by atoms with Crippen molar-refractivity contribution in [3.8, 4) is 5.69 Å². The van der Waals surface area contributed by atoms with E-state index in [0.29, 0.717) is 34.5 Å². The molecule has 3 aromatic rings. The zero-order valence-corrected chi connectivity index (χ0v) is 21.2. The van der Waals surface area contributed by atoms with E-state index in [4.69, 9.17) is 11.6 Å². The summed E-state index contributed by atoms with van der Waals surface area (Å²) in [6, 6.07) is 10.4. The molecule has 1 fully saturated rings. The summed E-state index contributed by atoms with van der Waals surface area (Å²) < 4.78 is 30.6. The van der Waals surface area contributed by atoms with Crippen LogP contribution in [0.5, 0.6) is 0 Å². The first-order valence-electron chi connectivity index (χ1n) is 11.5. The molecule has 1 aliphatic rings. The number of fused-ring (bicyclic) bond motifs is 1. The van der Waals surface area contributed by atoms with Crippen molar-refractivity contribution in [3.63, 3.8) is 0 Å². The van der Waals surface area contributed by atoms with Crippen LogP contribution in [0, 0.1) is 5.92 Å². The zero-order valence-electron chi connectivity index (χ0n) is 19.6. The number of rotatable bonds is 6. The molecule has 0 saturated heterocycles. The second-order valence-corrected chi connectivity index (χ2v) is 12.0. The Morgan fingerprint density at radius 1 is 1.12 bits per heavy atom. The second kappa shape index (κ2) is 9.32. The van der Waals surface area contributed by atoms with Crippen molar-refractivity contribution in [2.24, 2.45) is 5.92 Å². The average Bonchev–Trinajstić information content (AvgIpc) is 3.08. The average molecular weight is 504 g/mol. The highest BCUT2D eigenvalue weighted by molar-refractivity contribution is 7.89. The Morgan fingerprint density at radius 2 is 1.76 bits per heavy atom.